The van der Waals surface area contributed by atoms with Gasteiger partial charge in [0.05, 0.1) is 17.7 Å². The van der Waals surface area contributed by atoms with Crippen molar-refractivity contribution in [1.29, 1.82) is 5.26 Å². The van der Waals surface area contributed by atoms with Crippen LogP contribution in [0.1, 0.15) is 42.1 Å². The van der Waals surface area contributed by atoms with Gasteiger partial charge in [0, 0.05) is 0 Å². The van der Waals surface area contributed by atoms with Crippen molar-refractivity contribution < 1.29 is 23.0 Å². The van der Waals surface area contributed by atoms with Gasteiger partial charge >= 0.3 is 5.97 Å². The van der Waals surface area contributed by atoms with Crippen molar-refractivity contribution in [3.63, 3.8) is 0 Å². The number of halogens is 2. The first-order valence-corrected chi connectivity index (χ1v) is 7.90. The molecule has 2 rings (SSSR count). The zero-order valence-electron chi connectivity index (χ0n) is 13.7. The first-order valence-electron chi connectivity index (χ1n) is 7.90. The molecular formula is C19H17F2NO3. The van der Waals surface area contributed by atoms with Gasteiger partial charge in [0.2, 0.25) is 5.82 Å². The van der Waals surface area contributed by atoms with E-state index >= 15 is 0 Å². The molecule has 6 heteroatoms. The molecule has 0 spiro atoms. The molecule has 0 aliphatic heterocycles. The second kappa shape index (κ2) is 8.78. The van der Waals surface area contributed by atoms with E-state index in [1.165, 1.54) is 18.2 Å². The lowest BCUT2D eigenvalue weighted by molar-refractivity contribution is 0.0726. The van der Waals surface area contributed by atoms with Gasteiger partial charge in [-0.15, -0.1) is 0 Å². The van der Waals surface area contributed by atoms with Crippen LogP contribution in [-0.2, 0) is 0 Å². The minimum absolute atomic E-state index is 0.171. The normalized spacial score (nSPS) is 10.2. The van der Waals surface area contributed by atoms with Crippen LogP contribution in [-0.4, -0.2) is 12.6 Å². The lowest BCUT2D eigenvalue weighted by Gasteiger charge is -2.08. The third-order valence-electron chi connectivity index (χ3n) is 3.48. The second-order valence-corrected chi connectivity index (χ2v) is 5.32. The number of unbranched alkanes of at least 4 members (excludes halogenated alkanes) is 2. The minimum Gasteiger partial charge on any atom is -0.494 e. The molecule has 130 valence electrons. The van der Waals surface area contributed by atoms with Crippen LogP contribution in [0.3, 0.4) is 0 Å². The summed E-state index contributed by atoms with van der Waals surface area (Å²) in [5.41, 5.74) is -0.285. The summed E-state index contributed by atoms with van der Waals surface area (Å²) in [5.74, 6) is -3.50. The first-order chi connectivity index (χ1) is 12.1. The van der Waals surface area contributed by atoms with E-state index in [0.29, 0.717) is 12.4 Å². The highest BCUT2D eigenvalue weighted by Crippen LogP contribution is 2.23. The Labute approximate surface area is 144 Å². The lowest BCUT2D eigenvalue weighted by Crippen LogP contribution is -2.10. The molecule has 0 saturated carbocycles. The molecule has 0 saturated heterocycles. The summed E-state index contributed by atoms with van der Waals surface area (Å²) in [6.45, 7) is 2.69. The van der Waals surface area contributed by atoms with Crippen molar-refractivity contribution in [2.45, 2.75) is 26.2 Å². The molecule has 0 amide bonds. The molecule has 0 atom stereocenters. The molecule has 25 heavy (non-hydrogen) atoms. The van der Waals surface area contributed by atoms with E-state index in [1.807, 2.05) is 0 Å². The fraction of sp³-hybridized carbons (Fsp3) is 0.263. The van der Waals surface area contributed by atoms with Crippen molar-refractivity contribution in [1.82, 2.24) is 0 Å². The maximum Gasteiger partial charge on any atom is 0.343 e. The van der Waals surface area contributed by atoms with E-state index in [0.717, 1.165) is 31.4 Å². The van der Waals surface area contributed by atoms with Crippen LogP contribution >= 0.6 is 0 Å². The fourth-order valence-electron chi connectivity index (χ4n) is 2.09. The van der Waals surface area contributed by atoms with Crippen LogP contribution in [0.25, 0.3) is 0 Å². The highest BCUT2D eigenvalue weighted by molar-refractivity contribution is 5.91. The van der Waals surface area contributed by atoms with Gasteiger partial charge in [0.15, 0.2) is 11.6 Å². The zero-order valence-corrected chi connectivity index (χ0v) is 13.7. The molecule has 0 bridgehead atoms. The number of esters is 1. The Morgan fingerprint density at radius 2 is 1.80 bits per heavy atom. The number of nitriles is 1. The highest BCUT2D eigenvalue weighted by Gasteiger charge is 2.18. The number of hydrogen-bond donors (Lipinski definition) is 0. The predicted molar refractivity (Wildman–Crippen MR) is 87.5 cm³/mol. The summed E-state index contributed by atoms with van der Waals surface area (Å²) in [6, 6.07) is 9.78. The molecule has 0 fully saturated rings. The maximum absolute atomic E-state index is 13.8. The number of carbonyl (C=O) groups excluding carboxylic acids is 1. The van der Waals surface area contributed by atoms with E-state index in [-0.39, 0.29) is 5.56 Å². The summed E-state index contributed by atoms with van der Waals surface area (Å²) in [4.78, 5) is 12.0. The van der Waals surface area contributed by atoms with Gasteiger partial charge < -0.3 is 9.47 Å². The molecule has 0 N–H and O–H groups in total. The summed E-state index contributed by atoms with van der Waals surface area (Å²) in [6.07, 6.45) is 3.13. The van der Waals surface area contributed by atoms with Crippen LogP contribution < -0.4 is 9.47 Å². The predicted octanol–water partition coefficient (Wildman–Crippen LogP) is 4.62. The van der Waals surface area contributed by atoms with Gasteiger partial charge in [0.25, 0.3) is 0 Å². The van der Waals surface area contributed by atoms with Crippen molar-refractivity contribution >= 4 is 5.97 Å². The molecule has 0 aromatic heterocycles. The minimum atomic E-state index is -1.37. The van der Waals surface area contributed by atoms with E-state index in [4.69, 9.17) is 14.7 Å². The smallest absolute Gasteiger partial charge is 0.343 e. The number of carbonyl (C=O) groups is 1. The molecule has 2 aromatic rings. The number of ether oxygens (including phenoxy) is 2. The maximum atomic E-state index is 13.8. The Balaban J connectivity index is 2.02. The third kappa shape index (κ3) is 4.77. The number of rotatable bonds is 7. The Kier molecular flexibility index (Phi) is 6.47. The summed E-state index contributed by atoms with van der Waals surface area (Å²) in [5, 5.41) is 8.63. The van der Waals surface area contributed by atoms with E-state index < -0.39 is 28.9 Å². The molecule has 0 unspecified atom stereocenters. The van der Waals surface area contributed by atoms with Gasteiger partial charge in [-0.25, -0.2) is 9.18 Å². The van der Waals surface area contributed by atoms with Crippen molar-refractivity contribution in [3.05, 3.63) is 59.2 Å². The molecule has 4 nitrogen and oxygen atoms in total. The monoisotopic (exact) mass is 345 g/mol. The molecule has 0 radical (unpaired) electrons. The van der Waals surface area contributed by atoms with E-state index in [9.17, 15) is 13.6 Å². The molecule has 0 aliphatic carbocycles. The quantitative estimate of drug-likeness (QED) is 0.417. The Morgan fingerprint density at radius 3 is 2.44 bits per heavy atom. The second-order valence-electron chi connectivity index (χ2n) is 5.32. The van der Waals surface area contributed by atoms with Crippen molar-refractivity contribution in [2.75, 3.05) is 6.61 Å². The zero-order chi connectivity index (χ0) is 18.2. The number of benzene rings is 2. The first kappa shape index (κ1) is 18.4. The summed E-state index contributed by atoms with van der Waals surface area (Å²) >= 11 is 0. The average molecular weight is 345 g/mol. The highest BCUT2D eigenvalue weighted by atomic mass is 19.2. The molecular weight excluding hydrogens is 328 g/mol. The third-order valence-corrected chi connectivity index (χ3v) is 3.48. The average Bonchev–Trinajstić information content (AvgIpc) is 2.63. The van der Waals surface area contributed by atoms with E-state index in [2.05, 4.69) is 6.92 Å². The largest absolute Gasteiger partial charge is 0.494 e. The standard InChI is InChI=1S/C19H17F2NO3/c1-2-3-4-11-24-15-8-5-13(6-9-15)19(23)25-16-10-7-14(12-22)17(20)18(16)21/h5-10H,2-4,11H2,1H3. The topological polar surface area (TPSA) is 59.3 Å². The van der Waals surface area contributed by atoms with Gasteiger partial charge in [-0.1, -0.05) is 19.8 Å². The molecule has 2 aromatic carbocycles. The fourth-order valence-corrected chi connectivity index (χ4v) is 2.09. The van der Waals surface area contributed by atoms with Crippen LogP contribution in [0.5, 0.6) is 11.5 Å². The summed E-state index contributed by atoms with van der Waals surface area (Å²) < 4.78 is 37.7. The van der Waals surface area contributed by atoms with Gasteiger partial charge in [0.1, 0.15) is 11.8 Å². The van der Waals surface area contributed by atoms with Crippen LogP contribution in [0.15, 0.2) is 36.4 Å². The van der Waals surface area contributed by atoms with Crippen molar-refractivity contribution in [3.8, 4) is 17.6 Å². The van der Waals surface area contributed by atoms with Crippen LogP contribution in [0, 0.1) is 23.0 Å². The SMILES string of the molecule is CCCCCOc1ccc(C(=O)Oc2ccc(C#N)c(F)c2F)cc1. The Morgan fingerprint density at radius 1 is 1.08 bits per heavy atom. The van der Waals surface area contributed by atoms with Crippen LogP contribution in [0.2, 0.25) is 0 Å². The molecule has 0 heterocycles. The van der Waals surface area contributed by atoms with E-state index in [1.54, 1.807) is 12.1 Å². The van der Waals surface area contributed by atoms with Gasteiger partial charge in [-0.3, -0.25) is 0 Å². The number of nitrogens with zero attached hydrogens (tertiary/aromatic N) is 1. The van der Waals surface area contributed by atoms with Crippen molar-refractivity contribution in [2.24, 2.45) is 0 Å². The molecule has 0 aliphatic rings. The van der Waals surface area contributed by atoms with Crippen LogP contribution in [0.4, 0.5) is 8.78 Å². The Bertz CT molecular complexity index is 782. The number of hydrogen-bond acceptors (Lipinski definition) is 4. The lowest BCUT2D eigenvalue weighted by atomic mass is 10.2. The van der Waals surface area contributed by atoms with Gasteiger partial charge in [-0.2, -0.15) is 9.65 Å². The Hall–Kier alpha value is -2.94. The van der Waals surface area contributed by atoms with Gasteiger partial charge in [-0.05, 0) is 42.8 Å². The summed E-state index contributed by atoms with van der Waals surface area (Å²) in [7, 11) is 0.